The molecule has 1 unspecified atom stereocenters. The van der Waals surface area contributed by atoms with Gasteiger partial charge in [-0.15, -0.1) is 0 Å². The molecule has 0 amide bonds. The second kappa shape index (κ2) is 7.14. The van der Waals surface area contributed by atoms with E-state index in [1.165, 1.54) is 0 Å². The molecule has 0 fully saturated rings. The van der Waals surface area contributed by atoms with E-state index in [9.17, 15) is 4.79 Å². The summed E-state index contributed by atoms with van der Waals surface area (Å²) in [6.45, 7) is 0. The van der Waals surface area contributed by atoms with Crippen molar-refractivity contribution in [1.29, 1.82) is 0 Å². The van der Waals surface area contributed by atoms with E-state index in [4.69, 9.17) is 16.4 Å². The number of nitrogens with zero attached hydrogens (tertiary/aromatic N) is 3. The lowest BCUT2D eigenvalue weighted by Gasteiger charge is -2.11. The van der Waals surface area contributed by atoms with E-state index in [-0.39, 0.29) is 0 Å². The number of azide groups is 1. The fourth-order valence-corrected chi connectivity index (χ4v) is 1.05. The van der Waals surface area contributed by atoms with E-state index in [2.05, 4.69) is 15.3 Å². The molecule has 14 heavy (non-hydrogen) atoms. The number of likely N-dealkylation sites (N-methyl/N-ethyl adjacent to an activating group) is 1. The highest BCUT2D eigenvalue weighted by Gasteiger charge is 2.14. The Labute approximate surface area is 81.9 Å². The number of aliphatic carboxylic acids is 1. The van der Waals surface area contributed by atoms with Crippen LogP contribution in [0.4, 0.5) is 0 Å². The van der Waals surface area contributed by atoms with E-state index in [1.807, 2.05) is 0 Å². The van der Waals surface area contributed by atoms with Crippen molar-refractivity contribution in [3.63, 3.8) is 0 Å². The summed E-state index contributed by atoms with van der Waals surface area (Å²) in [5.74, 6) is -0.884. The molecule has 0 aliphatic heterocycles. The minimum atomic E-state index is -0.884. The molecule has 0 aromatic carbocycles. The second-order valence-corrected chi connectivity index (χ2v) is 2.88. The number of hydrogen-bond donors (Lipinski definition) is 3. The topological polar surface area (TPSA) is 124 Å². The van der Waals surface area contributed by atoms with Gasteiger partial charge in [0.15, 0.2) is 0 Å². The van der Waals surface area contributed by atoms with E-state index >= 15 is 0 Å². The second-order valence-electron chi connectivity index (χ2n) is 2.88. The van der Waals surface area contributed by atoms with Gasteiger partial charge in [0.05, 0.1) is 6.17 Å². The Balaban J connectivity index is 3.71. The Bertz CT molecular complexity index is 226. The maximum Gasteiger partial charge on any atom is 0.320 e. The molecule has 0 rings (SSSR count). The van der Waals surface area contributed by atoms with Gasteiger partial charge in [-0.1, -0.05) is 5.11 Å². The summed E-state index contributed by atoms with van der Waals surface area (Å²) >= 11 is 0. The molecule has 0 aliphatic carbocycles. The molecule has 0 aliphatic rings. The maximum absolute atomic E-state index is 10.6. The standard InChI is InChI=1S/C7H15N5O2/c1-10-5(7(13)14)3-2-4-6(8)11-12-9/h5-6,10H,2-4,8H2,1H3,(H,13,14)/t5-,6?/m1/s1. The molecule has 80 valence electrons. The summed E-state index contributed by atoms with van der Waals surface area (Å²) < 4.78 is 0. The average Bonchev–Trinajstić information content (AvgIpc) is 2.12. The first-order valence-electron chi connectivity index (χ1n) is 4.31. The van der Waals surface area contributed by atoms with Gasteiger partial charge in [-0.25, -0.2) is 0 Å². The van der Waals surface area contributed by atoms with Crippen molar-refractivity contribution in [1.82, 2.24) is 5.32 Å². The Morgan fingerprint density at radius 2 is 2.36 bits per heavy atom. The van der Waals surface area contributed by atoms with Crippen LogP contribution in [0.5, 0.6) is 0 Å². The number of carbonyl (C=O) groups is 1. The molecule has 7 nitrogen and oxygen atoms in total. The van der Waals surface area contributed by atoms with Gasteiger partial charge < -0.3 is 16.2 Å². The quantitative estimate of drug-likeness (QED) is 0.313. The SMILES string of the molecule is CN[C@H](CCCC(N)N=[N+]=[N-])C(=O)O. The Morgan fingerprint density at radius 3 is 2.79 bits per heavy atom. The van der Waals surface area contributed by atoms with E-state index in [0.29, 0.717) is 19.3 Å². The lowest BCUT2D eigenvalue weighted by Crippen LogP contribution is -2.34. The van der Waals surface area contributed by atoms with Gasteiger partial charge >= 0.3 is 5.97 Å². The number of carboxylic acids is 1. The Kier molecular flexibility index (Phi) is 6.47. The minimum Gasteiger partial charge on any atom is -0.480 e. The summed E-state index contributed by atoms with van der Waals surface area (Å²) in [6.07, 6.45) is 1.01. The monoisotopic (exact) mass is 201 g/mol. The third kappa shape index (κ3) is 5.36. The zero-order valence-electron chi connectivity index (χ0n) is 8.05. The van der Waals surface area contributed by atoms with Gasteiger partial charge in [-0.05, 0) is 31.8 Å². The maximum atomic E-state index is 10.6. The van der Waals surface area contributed by atoms with Crippen LogP contribution in [0.15, 0.2) is 5.11 Å². The Hall–Kier alpha value is -1.30. The molecule has 0 saturated heterocycles. The van der Waals surface area contributed by atoms with Crippen molar-refractivity contribution in [2.45, 2.75) is 31.5 Å². The van der Waals surface area contributed by atoms with Gasteiger partial charge in [0.1, 0.15) is 6.04 Å². The van der Waals surface area contributed by atoms with Crippen LogP contribution in [0.1, 0.15) is 19.3 Å². The lowest BCUT2D eigenvalue weighted by molar-refractivity contribution is -0.139. The summed E-state index contributed by atoms with van der Waals surface area (Å²) in [5.41, 5.74) is 13.5. The van der Waals surface area contributed by atoms with Crippen molar-refractivity contribution < 1.29 is 9.90 Å². The number of rotatable bonds is 7. The molecule has 0 saturated carbocycles. The molecule has 0 spiro atoms. The van der Waals surface area contributed by atoms with Crippen molar-refractivity contribution >= 4 is 5.97 Å². The van der Waals surface area contributed by atoms with Crippen molar-refractivity contribution in [2.75, 3.05) is 7.05 Å². The average molecular weight is 201 g/mol. The van der Waals surface area contributed by atoms with Crippen LogP contribution in [-0.4, -0.2) is 30.3 Å². The third-order valence-electron chi connectivity index (χ3n) is 1.84. The van der Waals surface area contributed by atoms with Crippen LogP contribution in [0.25, 0.3) is 10.4 Å². The first kappa shape index (κ1) is 12.7. The molecule has 2 atom stereocenters. The minimum absolute atomic E-state index is 0.473. The zero-order chi connectivity index (χ0) is 11.0. The highest BCUT2D eigenvalue weighted by atomic mass is 16.4. The summed E-state index contributed by atoms with van der Waals surface area (Å²) in [4.78, 5) is 13.1. The predicted octanol–water partition coefficient (Wildman–Crippen LogP) is 0.424. The van der Waals surface area contributed by atoms with Crippen molar-refractivity contribution in [3.05, 3.63) is 10.4 Å². The lowest BCUT2D eigenvalue weighted by atomic mass is 10.1. The summed E-state index contributed by atoms with van der Waals surface area (Å²) in [7, 11) is 1.59. The zero-order valence-corrected chi connectivity index (χ0v) is 8.05. The number of nitrogens with one attached hydrogen (secondary N) is 1. The van der Waals surface area contributed by atoms with Crippen LogP contribution < -0.4 is 11.1 Å². The van der Waals surface area contributed by atoms with E-state index in [0.717, 1.165) is 0 Å². The molecule has 0 heterocycles. The first-order valence-corrected chi connectivity index (χ1v) is 4.31. The fraction of sp³-hybridized carbons (Fsp3) is 0.857. The van der Waals surface area contributed by atoms with Crippen LogP contribution in [0.3, 0.4) is 0 Å². The largest absolute Gasteiger partial charge is 0.480 e. The fourth-order valence-electron chi connectivity index (χ4n) is 1.05. The van der Waals surface area contributed by atoms with Crippen LogP contribution in [0, 0.1) is 0 Å². The van der Waals surface area contributed by atoms with Gasteiger partial charge in [0.25, 0.3) is 0 Å². The molecule has 0 aromatic heterocycles. The first-order chi connectivity index (χ1) is 6.61. The van der Waals surface area contributed by atoms with Gasteiger partial charge in [0, 0.05) is 4.91 Å². The normalized spacial score (nSPS) is 14.1. The van der Waals surface area contributed by atoms with Crippen molar-refractivity contribution in [3.8, 4) is 0 Å². The molecular formula is C7H15N5O2. The molecule has 0 bridgehead atoms. The number of carboxylic acid groups (broad SMARTS) is 1. The molecular weight excluding hydrogens is 186 g/mol. The molecule has 4 N–H and O–H groups in total. The number of hydrogen-bond acceptors (Lipinski definition) is 4. The van der Waals surface area contributed by atoms with E-state index in [1.54, 1.807) is 7.05 Å². The van der Waals surface area contributed by atoms with E-state index < -0.39 is 18.2 Å². The summed E-state index contributed by atoms with van der Waals surface area (Å²) in [5, 5.41) is 14.6. The highest BCUT2D eigenvalue weighted by molar-refractivity contribution is 5.73. The molecule has 7 heteroatoms. The third-order valence-corrected chi connectivity index (χ3v) is 1.84. The van der Waals surface area contributed by atoms with Gasteiger partial charge in [0.2, 0.25) is 0 Å². The van der Waals surface area contributed by atoms with Crippen molar-refractivity contribution in [2.24, 2.45) is 10.8 Å². The van der Waals surface area contributed by atoms with Crippen LogP contribution in [-0.2, 0) is 4.79 Å². The van der Waals surface area contributed by atoms with Gasteiger partial charge in [-0.2, -0.15) is 0 Å². The smallest absolute Gasteiger partial charge is 0.320 e. The van der Waals surface area contributed by atoms with Gasteiger partial charge in [-0.3, -0.25) is 4.79 Å². The van der Waals surface area contributed by atoms with Crippen LogP contribution in [0.2, 0.25) is 0 Å². The molecule has 0 aromatic rings. The highest BCUT2D eigenvalue weighted by Crippen LogP contribution is 2.04. The summed E-state index contributed by atoms with van der Waals surface area (Å²) in [6, 6.07) is -0.562. The van der Waals surface area contributed by atoms with Crippen LogP contribution >= 0.6 is 0 Å². The Morgan fingerprint density at radius 1 is 1.71 bits per heavy atom. The molecule has 0 radical (unpaired) electrons. The number of nitrogens with two attached hydrogens (primary N) is 1. The predicted molar refractivity (Wildman–Crippen MR) is 51.5 cm³/mol.